The fraction of sp³-hybridized carbons (Fsp3) is 0.714. The van der Waals surface area contributed by atoms with Crippen LogP contribution in [0.4, 0.5) is 10.9 Å². The maximum absolute atomic E-state index is 12.4. The summed E-state index contributed by atoms with van der Waals surface area (Å²) in [4.78, 5) is 19.2. The van der Waals surface area contributed by atoms with Crippen molar-refractivity contribution in [3.63, 3.8) is 0 Å². The second-order valence-electron chi connectivity index (χ2n) is 5.82. The van der Waals surface area contributed by atoms with Crippen LogP contribution in [-0.4, -0.2) is 42.7 Å². The van der Waals surface area contributed by atoms with Crippen LogP contribution in [0.1, 0.15) is 42.3 Å². The summed E-state index contributed by atoms with van der Waals surface area (Å²) in [6.07, 6.45) is 4.60. The minimum absolute atomic E-state index is 0.120. The largest absolute Gasteiger partial charge is 0.382 e. The summed E-state index contributed by atoms with van der Waals surface area (Å²) in [5, 5.41) is 3.85. The molecule has 2 aliphatic rings. The number of carbonyl (C=O) groups excluding carboxylic acids is 1. The summed E-state index contributed by atoms with van der Waals surface area (Å²) >= 11 is 1.36. The van der Waals surface area contributed by atoms with Gasteiger partial charge in [-0.05, 0) is 25.7 Å². The van der Waals surface area contributed by atoms with Crippen molar-refractivity contribution in [3.8, 4) is 0 Å². The molecule has 2 fully saturated rings. The molecule has 1 aromatic heterocycles. The first-order chi connectivity index (χ1) is 10.1. The van der Waals surface area contributed by atoms with Crippen LogP contribution in [0, 0.1) is 0 Å². The highest BCUT2D eigenvalue weighted by atomic mass is 32.1. The molecule has 116 valence electrons. The van der Waals surface area contributed by atoms with Gasteiger partial charge in [0.05, 0.1) is 18.2 Å². The first-order valence-electron chi connectivity index (χ1n) is 7.52. The molecule has 7 heteroatoms. The van der Waals surface area contributed by atoms with Crippen molar-refractivity contribution in [2.45, 2.75) is 50.9 Å². The first-order valence-corrected chi connectivity index (χ1v) is 8.34. The average molecular weight is 310 g/mol. The number of carbonyl (C=O) groups is 1. The van der Waals surface area contributed by atoms with Crippen LogP contribution in [0.2, 0.25) is 0 Å². The van der Waals surface area contributed by atoms with Gasteiger partial charge in [-0.2, -0.15) is 0 Å². The Balaban J connectivity index is 1.67. The molecule has 1 aromatic rings. The number of nitrogens with zero attached hydrogens (tertiary/aromatic N) is 2. The minimum Gasteiger partial charge on any atom is -0.382 e. The van der Waals surface area contributed by atoms with E-state index in [4.69, 9.17) is 10.5 Å². The number of nitrogens with two attached hydrogens (primary N) is 1. The Bertz CT molecular complexity index is 533. The zero-order valence-corrected chi connectivity index (χ0v) is 13.3. The van der Waals surface area contributed by atoms with Gasteiger partial charge in [-0.25, -0.2) is 4.98 Å². The van der Waals surface area contributed by atoms with E-state index in [1.165, 1.54) is 11.3 Å². The second-order valence-corrected chi connectivity index (χ2v) is 6.80. The van der Waals surface area contributed by atoms with Crippen LogP contribution in [-0.2, 0) is 4.74 Å². The summed E-state index contributed by atoms with van der Waals surface area (Å²) < 4.78 is 5.76. The normalized spacial score (nSPS) is 27.0. The highest BCUT2D eigenvalue weighted by molar-refractivity contribution is 7.18. The molecule has 6 nitrogen and oxygen atoms in total. The number of hydrogen-bond acceptors (Lipinski definition) is 6. The molecule has 3 rings (SSSR count). The molecule has 3 heterocycles. The summed E-state index contributed by atoms with van der Waals surface area (Å²) in [5.74, 6) is 0.196. The van der Waals surface area contributed by atoms with E-state index in [0.29, 0.717) is 16.8 Å². The van der Waals surface area contributed by atoms with Crippen LogP contribution < -0.4 is 16.0 Å². The summed E-state index contributed by atoms with van der Waals surface area (Å²) in [7, 11) is 1.97. The number of rotatable bonds is 5. The predicted molar refractivity (Wildman–Crippen MR) is 83.9 cm³/mol. The Morgan fingerprint density at radius 1 is 1.57 bits per heavy atom. The van der Waals surface area contributed by atoms with Crippen LogP contribution in [0.25, 0.3) is 0 Å². The first kappa shape index (κ1) is 14.6. The van der Waals surface area contributed by atoms with Gasteiger partial charge in [0.2, 0.25) is 0 Å². The number of fused-ring (bicyclic) bond motifs is 2. The Morgan fingerprint density at radius 2 is 2.38 bits per heavy atom. The standard InChI is InChI=1S/C14H22N4O2S/c1-3-6-18(2)14-17-12(15)11(21-14)13(19)16-9-7-8-4-5-10(9)20-8/h8-10H,3-7,15H2,1-2H3,(H,16,19). The molecule has 1 amide bonds. The number of thiazole rings is 1. The number of hydrogen-bond donors (Lipinski definition) is 2. The summed E-state index contributed by atoms with van der Waals surface area (Å²) in [6.45, 7) is 3.00. The third-order valence-corrected chi connectivity index (χ3v) is 5.34. The van der Waals surface area contributed by atoms with Crippen LogP contribution in [0.3, 0.4) is 0 Å². The van der Waals surface area contributed by atoms with E-state index in [9.17, 15) is 4.79 Å². The van der Waals surface area contributed by atoms with E-state index in [1.807, 2.05) is 11.9 Å². The van der Waals surface area contributed by atoms with Gasteiger partial charge in [-0.3, -0.25) is 4.79 Å². The van der Waals surface area contributed by atoms with Crippen molar-refractivity contribution < 1.29 is 9.53 Å². The van der Waals surface area contributed by atoms with Crippen molar-refractivity contribution in [1.29, 1.82) is 0 Å². The zero-order valence-electron chi connectivity index (χ0n) is 12.5. The third-order valence-electron chi connectivity index (χ3n) is 4.16. The molecule has 3 unspecified atom stereocenters. The fourth-order valence-electron chi connectivity index (χ4n) is 3.10. The number of nitrogen functional groups attached to an aromatic ring is 1. The fourth-order valence-corrected chi connectivity index (χ4v) is 3.98. The highest BCUT2D eigenvalue weighted by Crippen LogP contribution is 2.35. The molecule has 0 aromatic carbocycles. The van der Waals surface area contributed by atoms with E-state index in [-0.39, 0.29) is 18.1 Å². The van der Waals surface area contributed by atoms with Gasteiger partial charge >= 0.3 is 0 Å². The van der Waals surface area contributed by atoms with Gasteiger partial charge in [0, 0.05) is 13.6 Å². The number of anilines is 2. The molecule has 0 saturated carbocycles. The van der Waals surface area contributed by atoms with Crippen LogP contribution in [0.15, 0.2) is 0 Å². The number of amides is 1. The van der Waals surface area contributed by atoms with E-state index in [1.54, 1.807) is 0 Å². The maximum Gasteiger partial charge on any atom is 0.265 e. The van der Waals surface area contributed by atoms with Gasteiger partial charge in [0.1, 0.15) is 10.7 Å². The Hall–Kier alpha value is -1.34. The predicted octanol–water partition coefficient (Wildman–Crippen LogP) is 1.62. The number of nitrogens with one attached hydrogen (secondary N) is 1. The Kier molecular flexibility index (Phi) is 4.03. The number of aromatic nitrogens is 1. The smallest absolute Gasteiger partial charge is 0.265 e. The van der Waals surface area contributed by atoms with Crippen LogP contribution in [0.5, 0.6) is 0 Å². The summed E-state index contributed by atoms with van der Waals surface area (Å²) in [6, 6.07) is 0.120. The molecule has 3 N–H and O–H groups in total. The van der Waals surface area contributed by atoms with Crippen LogP contribution >= 0.6 is 11.3 Å². The third kappa shape index (κ3) is 2.85. The quantitative estimate of drug-likeness (QED) is 0.864. The van der Waals surface area contributed by atoms with E-state index in [0.717, 1.165) is 37.4 Å². The second kappa shape index (κ2) is 5.81. The van der Waals surface area contributed by atoms with Gasteiger partial charge in [0.25, 0.3) is 5.91 Å². The van der Waals surface area contributed by atoms with Crippen molar-refractivity contribution in [2.24, 2.45) is 0 Å². The molecule has 2 saturated heterocycles. The zero-order chi connectivity index (χ0) is 15.0. The van der Waals surface area contributed by atoms with E-state index < -0.39 is 0 Å². The molecular weight excluding hydrogens is 288 g/mol. The molecular formula is C14H22N4O2S. The van der Waals surface area contributed by atoms with Crippen molar-refractivity contribution in [2.75, 3.05) is 24.2 Å². The topological polar surface area (TPSA) is 80.5 Å². The van der Waals surface area contributed by atoms with Crippen molar-refractivity contribution in [3.05, 3.63) is 4.88 Å². The molecule has 0 radical (unpaired) electrons. The highest BCUT2D eigenvalue weighted by Gasteiger charge is 2.41. The Morgan fingerprint density at radius 3 is 3.00 bits per heavy atom. The number of ether oxygens (including phenoxy) is 1. The maximum atomic E-state index is 12.4. The van der Waals surface area contributed by atoms with Crippen molar-refractivity contribution >= 4 is 28.2 Å². The SMILES string of the molecule is CCCN(C)c1nc(N)c(C(=O)NC2CC3CCC2O3)s1. The lowest BCUT2D eigenvalue weighted by molar-refractivity contribution is 0.0844. The van der Waals surface area contributed by atoms with Gasteiger partial charge < -0.3 is 20.7 Å². The molecule has 21 heavy (non-hydrogen) atoms. The van der Waals surface area contributed by atoms with Gasteiger partial charge in [-0.1, -0.05) is 18.3 Å². The molecule has 2 aliphatic heterocycles. The van der Waals surface area contributed by atoms with Gasteiger partial charge in [0.15, 0.2) is 5.13 Å². The van der Waals surface area contributed by atoms with E-state index in [2.05, 4.69) is 17.2 Å². The molecule has 3 atom stereocenters. The lowest BCUT2D eigenvalue weighted by Crippen LogP contribution is -2.41. The average Bonchev–Trinajstić information content (AvgIpc) is 3.13. The molecule has 0 spiro atoms. The molecule has 2 bridgehead atoms. The lowest BCUT2D eigenvalue weighted by atomic mass is 9.95. The van der Waals surface area contributed by atoms with Gasteiger partial charge in [-0.15, -0.1) is 0 Å². The lowest BCUT2D eigenvalue weighted by Gasteiger charge is -2.19. The molecule has 0 aliphatic carbocycles. The Labute approximate surface area is 128 Å². The minimum atomic E-state index is -0.123. The monoisotopic (exact) mass is 310 g/mol. The summed E-state index contributed by atoms with van der Waals surface area (Å²) in [5.41, 5.74) is 5.91. The van der Waals surface area contributed by atoms with Crippen molar-refractivity contribution in [1.82, 2.24) is 10.3 Å². The van der Waals surface area contributed by atoms with E-state index >= 15 is 0 Å².